The molecule has 0 N–H and O–H groups in total. The number of ether oxygens (including phenoxy) is 2. The number of aryl methyl sites for hydroxylation is 1. The quantitative estimate of drug-likeness (QED) is 0.539. The summed E-state index contributed by atoms with van der Waals surface area (Å²) in [5.74, 6) is 2.16. The average molecular weight is 356 g/mol. The van der Waals surface area contributed by atoms with E-state index in [-0.39, 0.29) is 11.5 Å². The van der Waals surface area contributed by atoms with Crippen LogP contribution in [0.4, 0.5) is 0 Å². The summed E-state index contributed by atoms with van der Waals surface area (Å²) in [5, 5.41) is 0. The van der Waals surface area contributed by atoms with Gasteiger partial charge in [-0.25, -0.2) is 4.98 Å². The fraction of sp³-hybridized carbons (Fsp3) is 0.522. The van der Waals surface area contributed by atoms with Gasteiger partial charge in [-0.15, -0.1) is 0 Å². The first kappa shape index (κ1) is 20.3. The monoisotopic (exact) mass is 355 g/mol. The molecule has 1 unspecified atom stereocenters. The van der Waals surface area contributed by atoms with Gasteiger partial charge < -0.3 is 9.47 Å². The Balaban J connectivity index is 1.82. The first-order valence-electron chi connectivity index (χ1n) is 9.57. The van der Waals surface area contributed by atoms with E-state index >= 15 is 0 Å². The molecule has 0 fully saturated rings. The van der Waals surface area contributed by atoms with Crippen molar-refractivity contribution in [1.82, 2.24) is 4.98 Å². The molecule has 142 valence electrons. The number of rotatable bonds is 9. The molecule has 1 heterocycles. The van der Waals surface area contributed by atoms with Gasteiger partial charge in [-0.3, -0.25) is 0 Å². The van der Waals surface area contributed by atoms with Crippen LogP contribution in [0, 0.1) is 12.3 Å². The number of pyridine rings is 1. The van der Waals surface area contributed by atoms with Crippen molar-refractivity contribution in [2.75, 3.05) is 6.61 Å². The Kier molecular flexibility index (Phi) is 7.07. The molecular weight excluding hydrogens is 322 g/mol. The zero-order valence-electron chi connectivity index (χ0n) is 17.1. The first-order valence-corrected chi connectivity index (χ1v) is 9.57. The third kappa shape index (κ3) is 6.70. The van der Waals surface area contributed by atoms with Gasteiger partial charge in [0.05, 0.1) is 12.7 Å². The molecule has 0 aliphatic carbocycles. The number of aromatic nitrogens is 1. The van der Waals surface area contributed by atoms with Gasteiger partial charge in [-0.2, -0.15) is 0 Å². The zero-order chi connectivity index (χ0) is 19.2. The summed E-state index contributed by atoms with van der Waals surface area (Å²) in [6, 6.07) is 12.5. The number of benzene rings is 1. The fourth-order valence-electron chi connectivity index (χ4n) is 2.80. The van der Waals surface area contributed by atoms with Crippen LogP contribution in [0.1, 0.15) is 64.5 Å². The van der Waals surface area contributed by atoms with Gasteiger partial charge in [-0.05, 0) is 68.2 Å². The molecule has 0 saturated carbocycles. The normalized spacial score (nSPS) is 12.9. The minimum Gasteiger partial charge on any atom is -0.491 e. The van der Waals surface area contributed by atoms with E-state index in [1.54, 1.807) is 0 Å². The SMILES string of the molecule is Cc1ccc(OCC(C)(C)CCC(C)c2ccc(OC(C)C)cc2)nc1. The summed E-state index contributed by atoms with van der Waals surface area (Å²) in [6.45, 7) is 13.6. The highest BCUT2D eigenvalue weighted by Crippen LogP contribution is 2.30. The number of hydrogen-bond donors (Lipinski definition) is 0. The van der Waals surface area contributed by atoms with Crippen molar-refractivity contribution >= 4 is 0 Å². The van der Waals surface area contributed by atoms with E-state index in [1.165, 1.54) is 5.56 Å². The van der Waals surface area contributed by atoms with Crippen LogP contribution >= 0.6 is 0 Å². The van der Waals surface area contributed by atoms with Crippen LogP contribution in [-0.4, -0.2) is 17.7 Å². The maximum atomic E-state index is 5.89. The summed E-state index contributed by atoms with van der Waals surface area (Å²) < 4.78 is 11.6. The third-order valence-corrected chi connectivity index (χ3v) is 4.57. The van der Waals surface area contributed by atoms with Crippen molar-refractivity contribution in [2.45, 2.75) is 66.4 Å². The molecule has 1 aromatic carbocycles. The summed E-state index contributed by atoms with van der Waals surface area (Å²) in [7, 11) is 0. The molecule has 1 aromatic heterocycles. The molecule has 3 heteroatoms. The number of hydrogen-bond acceptors (Lipinski definition) is 3. The average Bonchev–Trinajstić information content (AvgIpc) is 2.59. The van der Waals surface area contributed by atoms with E-state index in [4.69, 9.17) is 9.47 Å². The maximum absolute atomic E-state index is 5.89. The van der Waals surface area contributed by atoms with Gasteiger partial charge in [0.25, 0.3) is 0 Å². The summed E-state index contributed by atoms with van der Waals surface area (Å²) >= 11 is 0. The highest BCUT2D eigenvalue weighted by molar-refractivity contribution is 5.29. The van der Waals surface area contributed by atoms with Gasteiger partial charge in [-0.1, -0.05) is 39.0 Å². The predicted octanol–water partition coefficient (Wildman–Crippen LogP) is 6.17. The molecular formula is C23H33NO2. The molecule has 2 rings (SSSR count). The highest BCUT2D eigenvalue weighted by atomic mass is 16.5. The lowest BCUT2D eigenvalue weighted by molar-refractivity contribution is 0.159. The van der Waals surface area contributed by atoms with Crippen LogP contribution in [0.5, 0.6) is 11.6 Å². The largest absolute Gasteiger partial charge is 0.491 e. The van der Waals surface area contributed by atoms with Gasteiger partial charge in [0, 0.05) is 12.3 Å². The lowest BCUT2D eigenvalue weighted by Crippen LogP contribution is -2.22. The summed E-state index contributed by atoms with van der Waals surface area (Å²) in [4.78, 5) is 4.32. The van der Waals surface area contributed by atoms with Crippen molar-refractivity contribution in [3.8, 4) is 11.6 Å². The summed E-state index contributed by atoms with van der Waals surface area (Å²) in [6.07, 6.45) is 4.28. The van der Waals surface area contributed by atoms with Gasteiger partial charge in [0.15, 0.2) is 0 Å². The standard InChI is InChI=1S/C23H33NO2/c1-17(2)26-21-10-8-20(9-11-21)19(4)13-14-23(5,6)16-25-22-12-7-18(3)15-24-22/h7-12,15,17,19H,13-14,16H2,1-6H3. The Morgan fingerprint density at radius 1 is 1.00 bits per heavy atom. The molecule has 0 saturated heterocycles. The van der Waals surface area contributed by atoms with Crippen molar-refractivity contribution in [2.24, 2.45) is 5.41 Å². The van der Waals surface area contributed by atoms with Crippen molar-refractivity contribution < 1.29 is 9.47 Å². The van der Waals surface area contributed by atoms with E-state index in [9.17, 15) is 0 Å². The van der Waals surface area contributed by atoms with Gasteiger partial charge in [0.2, 0.25) is 5.88 Å². The first-order chi connectivity index (χ1) is 12.2. The second kappa shape index (κ2) is 9.07. The highest BCUT2D eigenvalue weighted by Gasteiger charge is 2.21. The molecule has 2 aromatic rings. The third-order valence-electron chi connectivity index (χ3n) is 4.57. The van der Waals surface area contributed by atoms with Crippen molar-refractivity contribution in [1.29, 1.82) is 0 Å². The van der Waals surface area contributed by atoms with E-state index in [0.29, 0.717) is 18.4 Å². The number of nitrogens with zero attached hydrogens (tertiary/aromatic N) is 1. The minimum absolute atomic E-state index is 0.113. The molecule has 0 aliphatic heterocycles. The Hall–Kier alpha value is -2.03. The Morgan fingerprint density at radius 2 is 1.69 bits per heavy atom. The van der Waals surface area contributed by atoms with Gasteiger partial charge in [0.1, 0.15) is 5.75 Å². The Labute approximate surface area is 158 Å². The minimum atomic E-state index is 0.113. The molecule has 0 radical (unpaired) electrons. The zero-order valence-corrected chi connectivity index (χ0v) is 17.1. The fourth-order valence-corrected chi connectivity index (χ4v) is 2.80. The van der Waals surface area contributed by atoms with Crippen LogP contribution < -0.4 is 9.47 Å². The topological polar surface area (TPSA) is 31.4 Å². The lowest BCUT2D eigenvalue weighted by atomic mass is 9.84. The molecule has 0 amide bonds. The maximum Gasteiger partial charge on any atom is 0.213 e. The second-order valence-electron chi connectivity index (χ2n) is 8.30. The molecule has 0 spiro atoms. The Bertz CT molecular complexity index is 660. The van der Waals surface area contributed by atoms with Crippen LogP contribution in [0.2, 0.25) is 0 Å². The smallest absolute Gasteiger partial charge is 0.213 e. The van der Waals surface area contributed by atoms with Crippen LogP contribution in [0.3, 0.4) is 0 Å². The van der Waals surface area contributed by atoms with Crippen LogP contribution in [0.25, 0.3) is 0 Å². The Morgan fingerprint density at radius 3 is 2.27 bits per heavy atom. The van der Waals surface area contributed by atoms with E-state index in [2.05, 4.69) is 50.0 Å². The van der Waals surface area contributed by atoms with Crippen LogP contribution in [-0.2, 0) is 0 Å². The van der Waals surface area contributed by atoms with E-state index in [1.807, 2.05) is 39.1 Å². The van der Waals surface area contributed by atoms with E-state index in [0.717, 1.165) is 24.2 Å². The van der Waals surface area contributed by atoms with Crippen molar-refractivity contribution in [3.05, 3.63) is 53.7 Å². The molecule has 0 aliphatic rings. The lowest BCUT2D eigenvalue weighted by Gasteiger charge is -2.26. The van der Waals surface area contributed by atoms with Crippen molar-refractivity contribution in [3.63, 3.8) is 0 Å². The van der Waals surface area contributed by atoms with Gasteiger partial charge >= 0.3 is 0 Å². The predicted molar refractivity (Wildman–Crippen MR) is 108 cm³/mol. The molecule has 1 atom stereocenters. The molecule has 3 nitrogen and oxygen atoms in total. The summed E-state index contributed by atoms with van der Waals surface area (Å²) in [5.41, 5.74) is 2.62. The molecule has 26 heavy (non-hydrogen) atoms. The van der Waals surface area contributed by atoms with Crippen LogP contribution in [0.15, 0.2) is 42.6 Å². The molecule has 0 bridgehead atoms. The van der Waals surface area contributed by atoms with E-state index < -0.39 is 0 Å². The second-order valence-corrected chi connectivity index (χ2v) is 8.30.